The van der Waals surface area contributed by atoms with Crippen LogP contribution in [0, 0.1) is 5.92 Å². The van der Waals surface area contributed by atoms with Crippen molar-refractivity contribution in [3.05, 3.63) is 11.9 Å². The van der Waals surface area contributed by atoms with E-state index < -0.39 is 0 Å². The minimum atomic E-state index is 0.133. The highest BCUT2D eigenvalue weighted by molar-refractivity contribution is 5.93. The summed E-state index contributed by atoms with van der Waals surface area (Å²) in [6.45, 7) is 6.30. The normalized spacial score (nSPS) is 17.0. The van der Waals surface area contributed by atoms with Crippen molar-refractivity contribution in [1.29, 1.82) is 0 Å². The zero-order valence-corrected chi connectivity index (χ0v) is 11.9. The minimum Gasteiger partial charge on any atom is -0.317 e. The highest BCUT2D eigenvalue weighted by Gasteiger charge is 2.19. The first kappa shape index (κ1) is 14.2. The van der Waals surface area contributed by atoms with Crippen LogP contribution in [-0.4, -0.2) is 33.9 Å². The van der Waals surface area contributed by atoms with Gasteiger partial charge in [0, 0.05) is 6.42 Å². The van der Waals surface area contributed by atoms with Gasteiger partial charge in [0.05, 0.1) is 12.2 Å². The molecule has 1 aliphatic rings. The van der Waals surface area contributed by atoms with Gasteiger partial charge in [-0.15, -0.1) is 5.10 Å². The Hall–Kier alpha value is -1.23. The van der Waals surface area contributed by atoms with Gasteiger partial charge in [-0.1, -0.05) is 31.9 Å². The summed E-state index contributed by atoms with van der Waals surface area (Å²) in [4.78, 5) is 12.1. The summed E-state index contributed by atoms with van der Waals surface area (Å²) < 4.78 is 1.88. The maximum atomic E-state index is 12.1. The van der Waals surface area contributed by atoms with E-state index in [2.05, 4.69) is 29.5 Å². The Labute approximate surface area is 114 Å². The van der Waals surface area contributed by atoms with E-state index in [0.29, 0.717) is 24.1 Å². The fourth-order valence-corrected chi connectivity index (χ4v) is 2.60. The molecule has 1 aromatic rings. The van der Waals surface area contributed by atoms with Gasteiger partial charge in [-0.25, -0.2) is 4.68 Å². The number of nitrogens with zero attached hydrogens (tertiary/aromatic N) is 3. The van der Waals surface area contributed by atoms with Crippen molar-refractivity contribution in [2.45, 2.75) is 52.0 Å². The first-order valence-electron chi connectivity index (χ1n) is 7.40. The number of Topliss-reactive ketones (excluding diaryl/α,β-unsaturated/α-hetero) is 1. The Balaban J connectivity index is 1.97. The number of carbonyl (C=O) groups is 1. The summed E-state index contributed by atoms with van der Waals surface area (Å²) in [5.41, 5.74) is 0.533. The van der Waals surface area contributed by atoms with Crippen molar-refractivity contribution < 1.29 is 4.79 Å². The third-order valence-electron chi connectivity index (χ3n) is 4.11. The Morgan fingerprint density at radius 3 is 2.74 bits per heavy atom. The summed E-state index contributed by atoms with van der Waals surface area (Å²) in [6.07, 6.45) is 6.64. The zero-order valence-electron chi connectivity index (χ0n) is 11.9. The Morgan fingerprint density at radius 2 is 2.11 bits per heavy atom. The molecular formula is C14H24N4O. The molecule has 0 aromatic carbocycles. The standard InChI is InChI=1S/C14H24N4O/c1-3-11(4-2)9-14(19)13-10-18(17-16-13)12-5-7-15-8-6-12/h10-12,15H,3-9H2,1-2H3. The second-order valence-corrected chi connectivity index (χ2v) is 5.37. The van der Waals surface area contributed by atoms with Crippen LogP contribution in [0.2, 0.25) is 0 Å². The number of hydrogen-bond acceptors (Lipinski definition) is 4. The third kappa shape index (κ3) is 3.62. The fourth-order valence-electron chi connectivity index (χ4n) is 2.60. The van der Waals surface area contributed by atoms with Crippen LogP contribution in [0.25, 0.3) is 0 Å². The summed E-state index contributed by atoms with van der Waals surface area (Å²) in [6, 6.07) is 0.392. The molecule has 0 amide bonds. The molecule has 106 valence electrons. The van der Waals surface area contributed by atoms with Crippen LogP contribution in [-0.2, 0) is 0 Å². The predicted octanol–water partition coefficient (Wildman–Crippen LogP) is 2.21. The molecule has 19 heavy (non-hydrogen) atoms. The molecule has 1 aromatic heterocycles. The van der Waals surface area contributed by atoms with E-state index in [1.54, 1.807) is 0 Å². The van der Waals surface area contributed by atoms with Crippen LogP contribution >= 0.6 is 0 Å². The van der Waals surface area contributed by atoms with E-state index in [0.717, 1.165) is 38.8 Å². The molecule has 1 aliphatic heterocycles. The van der Waals surface area contributed by atoms with Gasteiger partial charge in [-0.3, -0.25) is 4.79 Å². The zero-order chi connectivity index (χ0) is 13.7. The lowest BCUT2D eigenvalue weighted by molar-refractivity contribution is 0.0953. The van der Waals surface area contributed by atoms with E-state index in [9.17, 15) is 4.79 Å². The summed E-state index contributed by atoms with van der Waals surface area (Å²) in [7, 11) is 0. The summed E-state index contributed by atoms with van der Waals surface area (Å²) in [5, 5.41) is 11.5. The first-order chi connectivity index (χ1) is 9.24. The molecule has 0 bridgehead atoms. The van der Waals surface area contributed by atoms with Gasteiger partial charge < -0.3 is 5.32 Å². The van der Waals surface area contributed by atoms with Crippen molar-refractivity contribution in [1.82, 2.24) is 20.3 Å². The van der Waals surface area contributed by atoms with E-state index in [1.165, 1.54) is 0 Å². The molecule has 0 unspecified atom stereocenters. The van der Waals surface area contributed by atoms with E-state index in [1.807, 2.05) is 10.9 Å². The van der Waals surface area contributed by atoms with Crippen LogP contribution in [0.5, 0.6) is 0 Å². The molecule has 0 saturated carbocycles. The van der Waals surface area contributed by atoms with Gasteiger partial charge in [-0.2, -0.15) is 0 Å². The monoisotopic (exact) mass is 264 g/mol. The Bertz CT molecular complexity index is 405. The number of nitrogens with one attached hydrogen (secondary N) is 1. The van der Waals surface area contributed by atoms with Gasteiger partial charge in [0.15, 0.2) is 5.78 Å². The maximum absolute atomic E-state index is 12.1. The van der Waals surface area contributed by atoms with Crippen molar-refractivity contribution in [3.63, 3.8) is 0 Å². The van der Waals surface area contributed by atoms with Crippen LogP contribution < -0.4 is 5.32 Å². The Morgan fingerprint density at radius 1 is 1.42 bits per heavy atom. The third-order valence-corrected chi connectivity index (χ3v) is 4.11. The molecule has 2 heterocycles. The van der Waals surface area contributed by atoms with Gasteiger partial charge in [0.25, 0.3) is 0 Å². The van der Waals surface area contributed by atoms with Crippen molar-refractivity contribution in [3.8, 4) is 0 Å². The molecule has 5 heteroatoms. The maximum Gasteiger partial charge on any atom is 0.184 e. The van der Waals surface area contributed by atoms with Crippen molar-refractivity contribution >= 4 is 5.78 Å². The molecule has 0 aliphatic carbocycles. The first-order valence-corrected chi connectivity index (χ1v) is 7.40. The van der Waals surface area contributed by atoms with Gasteiger partial charge >= 0.3 is 0 Å². The molecule has 1 fully saturated rings. The highest BCUT2D eigenvalue weighted by atomic mass is 16.1. The second kappa shape index (κ2) is 6.80. The quantitative estimate of drug-likeness (QED) is 0.800. The molecule has 5 nitrogen and oxygen atoms in total. The lowest BCUT2D eigenvalue weighted by atomic mass is 9.96. The fraction of sp³-hybridized carbons (Fsp3) is 0.786. The van der Waals surface area contributed by atoms with Gasteiger partial charge in [0.2, 0.25) is 0 Å². The summed E-state index contributed by atoms with van der Waals surface area (Å²) >= 11 is 0. The van der Waals surface area contributed by atoms with E-state index in [-0.39, 0.29) is 5.78 Å². The lowest BCUT2D eigenvalue weighted by Crippen LogP contribution is -2.29. The van der Waals surface area contributed by atoms with E-state index >= 15 is 0 Å². The molecule has 0 atom stereocenters. The number of ketones is 1. The Kier molecular flexibility index (Phi) is 5.07. The second-order valence-electron chi connectivity index (χ2n) is 5.37. The number of hydrogen-bond donors (Lipinski definition) is 1. The number of piperidine rings is 1. The number of carbonyl (C=O) groups excluding carboxylic acids is 1. The lowest BCUT2D eigenvalue weighted by Gasteiger charge is -2.22. The smallest absolute Gasteiger partial charge is 0.184 e. The van der Waals surface area contributed by atoms with Crippen molar-refractivity contribution in [2.24, 2.45) is 5.92 Å². The van der Waals surface area contributed by atoms with Crippen LogP contribution in [0.1, 0.15) is 62.5 Å². The van der Waals surface area contributed by atoms with Gasteiger partial charge in [0.1, 0.15) is 5.69 Å². The largest absolute Gasteiger partial charge is 0.317 e. The summed E-state index contributed by atoms with van der Waals surface area (Å²) in [5.74, 6) is 0.602. The highest BCUT2D eigenvalue weighted by Crippen LogP contribution is 2.19. The minimum absolute atomic E-state index is 0.133. The number of rotatable bonds is 6. The SMILES string of the molecule is CCC(CC)CC(=O)c1cn(C2CCNCC2)nn1. The topological polar surface area (TPSA) is 59.8 Å². The van der Waals surface area contributed by atoms with Crippen molar-refractivity contribution in [2.75, 3.05) is 13.1 Å². The average molecular weight is 264 g/mol. The molecule has 1 N–H and O–H groups in total. The number of aromatic nitrogens is 3. The van der Waals surface area contributed by atoms with E-state index in [4.69, 9.17) is 0 Å². The molecule has 2 rings (SSSR count). The van der Waals surface area contributed by atoms with Crippen LogP contribution in [0.3, 0.4) is 0 Å². The van der Waals surface area contributed by atoms with Gasteiger partial charge in [-0.05, 0) is 31.8 Å². The molecule has 0 radical (unpaired) electrons. The van der Waals surface area contributed by atoms with Crippen LogP contribution in [0.15, 0.2) is 6.20 Å². The predicted molar refractivity (Wildman–Crippen MR) is 74.2 cm³/mol. The average Bonchev–Trinajstić information content (AvgIpc) is 2.95. The molecule has 0 spiro atoms. The molecular weight excluding hydrogens is 240 g/mol. The van der Waals surface area contributed by atoms with Crippen LogP contribution in [0.4, 0.5) is 0 Å². The molecule has 1 saturated heterocycles.